The molecule has 15 atom stereocenters. The molecule has 4 aliphatic carbocycles. The molecule has 8 heteroatoms. The predicted molar refractivity (Wildman–Crippen MR) is 235 cm³/mol. The lowest BCUT2D eigenvalue weighted by molar-refractivity contribution is -0.164. The van der Waals surface area contributed by atoms with Crippen molar-refractivity contribution in [3.63, 3.8) is 0 Å². The van der Waals surface area contributed by atoms with Crippen LogP contribution in [-0.4, -0.2) is 58.8 Å². The molecule has 0 aromatic rings. The second-order valence-electron chi connectivity index (χ2n) is 19.9. The molecule has 0 aromatic heterocycles. The van der Waals surface area contributed by atoms with Crippen molar-refractivity contribution in [1.29, 1.82) is 0 Å². The summed E-state index contributed by atoms with van der Waals surface area (Å²) in [4.78, 5) is 25.5. The van der Waals surface area contributed by atoms with Gasteiger partial charge in [-0.15, -0.1) is 0 Å². The minimum absolute atomic E-state index is 0.0225. The van der Waals surface area contributed by atoms with Gasteiger partial charge >= 0.3 is 11.9 Å². The van der Waals surface area contributed by atoms with E-state index in [1.807, 2.05) is 34.6 Å². The van der Waals surface area contributed by atoms with Gasteiger partial charge in [-0.2, -0.15) is 0 Å². The predicted octanol–water partition coefficient (Wildman–Crippen LogP) is 10.8. The smallest absolute Gasteiger partial charge is 0.311 e. The second-order valence-corrected chi connectivity index (χ2v) is 19.9. The van der Waals surface area contributed by atoms with Gasteiger partial charge in [-0.1, -0.05) is 98.1 Å². The number of hydrogen-bond donors (Lipinski definition) is 2. The Labute approximate surface area is 356 Å². The van der Waals surface area contributed by atoms with Gasteiger partial charge < -0.3 is 29.2 Å². The molecular weight excluding hydrogens is 741 g/mol. The van der Waals surface area contributed by atoms with Crippen LogP contribution in [0.5, 0.6) is 0 Å². The topological polar surface area (TPSA) is 112 Å². The van der Waals surface area contributed by atoms with Crippen LogP contribution in [0.25, 0.3) is 0 Å². The molecule has 2 N–H and O–H groups in total. The van der Waals surface area contributed by atoms with Crippen molar-refractivity contribution < 1.29 is 38.7 Å². The first kappa shape index (κ1) is 47.0. The fraction of sp³-hybridized carbons (Fsp3) is 0.725. The fourth-order valence-electron chi connectivity index (χ4n) is 10.4. The first-order chi connectivity index (χ1) is 27.9. The molecule has 0 radical (unpaired) electrons. The van der Waals surface area contributed by atoms with E-state index < -0.39 is 5.41 Å². The summed E-state index contributed by atoms with van der Waals surface area (Å²) >= 11 is 0. The number of aliphatic hydroxyl groups excluding tert-OH is 2. The lowest BCUT2D eigenvalue weighted by atomic mass is 9.65. The summed E-state index contributed by atoms with van der Waals surface area (Å²) in [6.07, 6.45) is 22.5. The third kappa shape index (κ3) is 12.3. The zero-order chi connectivity index (χ0) is 43.2. The van der Waals surface area contributed by atoms with E-state index in [4.69, 9.17) is 18.9 Å². The van der Waals surface area contributed by atoms with E-state index in [1.54, 1.807) is 0 Å². The number of hydrogen-bond acceptors (Lipinski definition) is 8. The summed E-state index contributed by atoms with van der Waals surface area (Å²) in [6, 6.07) is 0. The summed E-state index contributed by atoms with van der Waals surface area (Å²) < 4.78 is 24.1. The van der Waals surface area contributed by atoms with Crippen molar-refractivity contribution >= 4 is 11.9 Å². The molecule has 8 nitrogen and oxygen atoms in total. The van der Waals surface area contributed by atoms with Gasteiger partial charge in [0.25, 0.3) is 0 Å². The third-order valence-corrected chi connectivity index (χ3v) is 14.5. The molecule has 0 aromatic carbocycles. The van der Waals surface area contributed by atoms with Gasteiger partial charge in [-0.3, -0.25) is 9.59 Å². The standard InChI is InChI=1S/C26H40O4.C25H38O4/c1-7-26(5,6)25(28)30-23-13-16(2)12-19-9-8-17(3)22(24(19)23)11-10-21-15-20(27)14-18(4)29-21;1-6-16(3)25(27)29-23-12-15(2)11-19-8-7-17(4)22(24(19)23)10-9-21-14-20(26)13-18(5)28-21/h8-9,12,16-17,20-24,27H,4,7,10-11,13-15H2,1-3,5-6H3;7-8,11,15-17,20-24,26H,5-6,9-10,12-14H2,1-4H3/t16-,17-,20-,21+,22-,23-,24-;15-,16-,17-,20-,21+,22-,23-,24-/m00/s1. The van der Waals surface area contributed by atoms with Crippen molar-refractivity contribution in [2.24, 2.45) is 58.7 Å². The van der Waals surface area contributed by atoms with E-state index in [0.717, 1.165) is 51.4 Å². The Balaban J connectivity index is 0.000000224. The Hall–Kier alpha value is -3.10. The maximum Gasteiger partial charge on any atom is 0.311 e. The Morgan fingerprint density at radius 2 is 1.19 bits per heavy atom. The van der Waals surface area contributed by atoms with Gasteiger partial charge in [-0.25, -0.2) is 0 Å². The van der Waals surface area contributed by atoms with Crippen molar-refractivity contribution in [2.45, 2.75) is 176 Å². The minimum atomic E-state index is -0.456. The van der Waals surface area contributed by atoms with Crippen LogP contribution in [0.2, 0.25) is 0 Å². The summed E-state index contributed by atoms with van der Waals surface area (Å²) in [6.45, 7) is 26.7. The second kappa shape index (κ2) is 20.6. The summed E-state index contributed by atoms with van der Waals surface area (Å²) in [5.74, 6) is 4.10. The average molecular weight is 819 g/mol. The summed E-state index contributed by atoms with van der Waals surface area (Å²) in [7, 11) is 0. The Morgan fingerprint density at radius 1 is 0.746 bits per heavy atom. The van der Waals surface area contributed by atoms with E-state index in [2.05, 4.69) is 77.3 Å². The van der Waals surface area contributed by atoms with Crippen LogP contribution in [0.1, 0.15) is 139 Å². The van der Waals surface area contributed by atoms with E-state index in [-0.39, 0.29) is 66.3 Å². The molecule has 0 unspecified atom stereocenters. The highest BCUT2D eigenvalue weighted by molar-refractivity contribution is 5.76. The number of aliphatic hydroxyl groups is 2. The van der Waals surface area contributed by atoms with Crippen LogP contribution in [-0.2, 0) is 28.5 Å². The Morgan fingerprint density at radius 3 is 1.59 bits per heavy atom. The van der Waals surface area contributed by atoms with Gasteiger partial charge in [0.1, 0.15) is 24.4 Å². The van der Waals surface area contributed by atoms with Crippen molar-refractivity contribution in [2.75, 3.05) is 0 Å². The Kier molecular flexibility index (Phi) is 16.4. The molecular formula is C51H78O8. The number of carbonyl (C=O) groups is 2. The number of ether oxygens (including phenoxy) is 4. The van der Waals surface area contributed by atoms with Crippen LogP contribution in [0.15, 0.2) is 72.3 Å². The largest absolute Gasteiger partial charge is 0.495 e. The lowest BCUT2D eigenvalue weighted by Gasteiger charge is -2.44. The van der Waals surface area contributed by atoms with E-state index in [1.165, 1.54) is 11.1 Å². The van der Waals surface area contributed by atoms with Crippen LogP contribution in [0.4, 0.5) is 0 Å². The number of carbonyl (C=O) groups excluding carboxylic acids is 2. The van der Waals surface area contributed by atoms with Crippen LogP contribution >= 0.6 is 0 Å². The SMILES string of the molecule is C=C1C[C@H](O)C[C@@H](CC[C@@H]2[C@@H]3C(=C[C@H](C)C[C@@H]3OC(=O)C(C)(C)CC)C=C[C@@H]2C)O1.C=C1C[C@H](O)C[C@@H](CC[C@@H]2[C@@H]3C(=C[C@H](C)C[C@@H]3OC(=O)[C@@H](C)CC)C=C[C@@H]2C)O1. The molecule has 2 fully saturated rings. The summed E-state index contributed by atoms with van der Waals surface area (Å²) in [5, 5.41) is 20.1. The van der Waals surface area contributed by atoms with Gasteiger partial charge in [0.05, 0.1) is 35.1 Å². The molecule has 0 bridgehead atoms. The maximum atomic E-state index is 12.9. The molecule has 0 amide bonds. The molecule has 0 spiro atoms. The van der Waals surface area contributed by atoms with Crippen LogP contribution in [0, 0.1) is 58.7 Å². The number of esters is 2. The van der Waals surface area contributed by atoms with Crippen molar-refractivity contribution in [1.82, 2.24) is 0 Å². The average Bonchev–Trinajstić information content (AvgIpc) is 3.16. The van der Waals surface area contributed by atoms with Crippen molar-refractivity contribution in [3.05, 3.63) is 72.3 Å². The van der Waals surface area contributed by atoms with Gasteiger partial charge in [-0.05, 0) is 112 Å². The molecule has 330 valence electrons. The fourth-order valence-corrected chi connectivity index (χ4v) is 10.4. The highest BCUT2D eigenvalue weighted by Gasteiger charge is 2.44. The zero-order valence-electron chi connectivity index (χ0n) is 37.9. The molecule has 2 heterocycles. The minimum Gasteiger partial charge on any atom is -0.495 e. The quantitative estimate of drug-likeness (QED) is 0.187. The lowest BCUT2D eigenvalue weighted by Crippen LogP contribution is -2.43. The maximum absolute atomic E-state index is 12.9. The van der Waals surface area contributed by atoms with E-state index in [0.29, 0.717) is 72.7 Å². The van der Waals surface area contributed by atoms with Gasteiger partial charge in [0, 0.05) is 37.5 Å². The monoisotopic (exact) mass is 819 g/mol. The van der Waals surface area contributed by atoms with E-state index in [9.17, 15) is 19.8 Å². The molecule has 0 saturated carbocycles. The highest BCUT2D eigenvalue weighted by atomic mass is 16.6. The third-order valence-electron chi connectivity index (χ3n) is 14.5. The molecule has 6 aliphatic rings. The highest BCUT2D eigenvalue weighted by Crippen LogP contribution is 2.47. The first-order valence-corrected chi connectivity index (χ1v) is 23.1. The van der Waals surface area contributed by atoms with E-state index >= 15 is 0 Å². The number of fused-ring (bicyclic) bond motifs is 2. The number of allylic oxidation sites excluding steroid dienone is 6. The van der Waals surface area contributed by atoms with Gasteiger partial charge in [0.2, 0.25) is 0 Å². The normalized spacial score (nSPS) is 37.2. The van der Waals surface area contributed by atoms with Crippen LogP contribution in [0.3, 0.4) is 0 Å². The molecule has 59 heavy (non-hydrogen) atoms. The van der Waals surface area contributed by atoms with Crippen LogP contribution < -0.4 is 0 Å². The summed E-state index contributed by atoms with van der Waals surface area (Å²) in [5.41, 5.74) is 2.18. The molecule has 6 rings (SSSR count). The first-order valence-electron chi connectivity index (χ1n) is 23.1. The molecule has 2 aliphatic heterocycles. The van der Waals surface area contributed by atoms with Gasteiger partial charge in [0.15, 0.2) is 0 Å². The number of rotatable bonds is 12. The van der Waals surface area contributed by atoms with Crippen molar-refractivity contribution in [3.8, 4) is 0 Å². The Bertz CT molecular complexity index is 1600. The molecule has 2 saturated heterocycles. The zero-order valence-corrected chi connectivity index (χ0v) is 37.9.